The number of rotatable bonds is 1. The molecule has 0 aliphatic heterocycles. The largest absolute Gasteiger partial charge is 0.444 e. The molecule has 0 unspecified atom stereocenters. The van der Waals surface area contributed by atoms with Gasteiger partial charge in [0.1, 0.15) is 5.60 Å². The Bertz CT molecular complexity index is 420. The number of carbonyl (C=O) groups is 1. The zero-order chi connectivity index (χ0) is 14.3. The van der Waals surface area contributed by atoms with Gasteiger partial charge in [0.05, 0.1) is 0 Å². The molecule has 1 rings (SSSR count). The number of aryl methyl sites for hydroxylation is 2. The summed E-state index contributed by atoms with van der Waals surface area (Å²) in [4.78, 5) is 10.0. The minimum atomic E-state index is -0.725. The number of hydrogen-bond acceptors (Lipinski definition) is 3. The van der Waals surface area contributed by atoms with Crippen molar-refractivity contribution < 1.29 is 9.53 Å². The SMILES string of the molecule is CC(C)(C)OC(N)=O.Cc1ccc(C=N)cc1C. The lowest BCUT2D eigenvalue weighted by Crippen LogP contribution is -2.27. The quantitative estimate of drug-likeness (QED) is 0.751. The molecular formula is C14H22N2O2. The Morgan fingerprint density at radius 2 is 1.83 bits per heavy atom. The van der Waals surface area contributed by atoms with Gasteiger partial charge in [-0.15, -0.1) is 0 Å². The Kier molecular flexibility index (Phi) is 6.09. The molecule has 0 heterocycles. The summed E-state index contributed by atoms with van der Waals surface area (Å²) in [7, 11) is 0. The smallest absolute Gasteiger partial charge is 0.405 e. The van der Waals surface area contributed by atoms with Crippen molar-refractivity contribution in [3.8, 4) is 0 Å². The number of benzene rings is 1. The third-order valence-electron chi connectivity index (χ3n) is 2.10. The second-order valence-corrected chi connectivity index (χ2v) is 5.02. The molecule has 100 valence electrons. The molecular weight excluding hydrogens is 228 g/mol. The lowest BCUT2D eigenvalue weighted by molar-refractivity contribution is 0.0600. The summed E-state index contributed by atoms with van der Waals surface area (Å²) in [6, 6.07) is 6.01. The van der Waals surface area contributed by atoms with Gasteiger partial charge in [-0.25, -0.2) is 4.79 Å². The van der Waals surface area contributed by atoms with Crippen LogP contribution < -0.4 is 5.73 Å². The molecule has 0 saturated carbocycles. The Balaban J connectivity index is 0.000000331. The number of nitrogens with two attached hydrogens (primary N) is 1. The van der Waals surface area contributed by atoms with Crippen LogP contribution in [0.3, 0.4) is 0 Å². The standard InChI is InChI=1S/C9H11N.C5H11NO2/c1-7-3-4-9(6-10)5-8(7)2;1-5(2,3)8-4(6)7/h3-6,10H,1-2H3;1-3H3,(H2,6,7). The van der Waals surface area contributed by atoms with E-state index in [0.717, 1.165) is 5.56 Å². The second kappa shape index (κ2) is 6.79. The molecule has 4 heteroatoms. The van der Waals surface area contributed by atoms with Crippen LogP contribution in [0.2, 0.25) is 0 Å². The van der Waals surface area contributed by atoms with Crippen LogP contribution in [0, 0.1) is 19.3 Å². The Labute approximate surface area is 109 Å². The number of primary amides is 1. The summed E-state index contributed by atoms with van der Waals surface area (Å²) in [5.41, 5.74) is 7.77. The molecule has 4 nitrogen and oxygen atoms in total. The molecule has 0 radical (unpaired) electrons. The van der Waals surface area contributed by atoms with Gasteiger partial charge < -0.3 is 15.9 Å². The maximum Gasteiger partial charge on any atom is 0.405 e. The van der Waals surface area contributed by atoms with E-state index in [-0.39, 0.29) is 0 Å². The van der Waals surface area contributed by atoms with Gasteiger partial charge in [0, 0.05) is 6.21 Å². The topological polar surface area (TPSA) is 76.2 Å². The first kappa shape index (κ1) is 16.2. The predicted molar refractivity (Wildman–Crippen MR) is 74.2 cm³/mol. The van der Waals surface area contributed by atoms with Gasteiger partial charge in [0.15, 0.2) is 0 Å². The van der Waals surface area contributed by atoms with Crippen molar-refractivity contribution in [3.63, 3.8) is 0 Å². The first-order valence-electron chi connectivity index (χ1n) is 5.72. The number of hydrogen-bond donors (Lipinski definition) is 2. The summed E-state index contributed by atoms with van der Waals surface area (Å²) in [6.07, 6.45) is 0.643. The van der Waals surface area contributed by atoms with Crippen molar-refractivity contribution in [1.29, 1.82) is 5.41 Å². The third-order valence-corrected chi connectivity index (χ3v) is 2.10. The van der Waals surface area contributed by atoms with Crippen LogP contribution >= 0.6 is 0 Å². The average molecular weight is 250 g/mol. The highest BCUT2D eigenvalue weighted by molar-refractivity contribution is 5.77. The van der Waals surface area contributed by atoms with Crippen LogP contribution in [-0.4, -0.2) is 17.9 Å². The molecule has 0 aliphatic rings. The molecule has 0 spiro atoms. The van der Waals surface area contributed by atoms with Gasteiger partial charge in [-0.05, 0) is 51.3 Å². The summed E-state index contributed by atoms with van der Waals surface area (Å²) >= 11 is 0. The number of nitrogens with one attached hydrogen (secondary N) is 1. The van der Waals surface area contributed by atoms with Crippen molar-refractivity contribution in [3.05, 3.63) is 34.9 Å². The molecule has 0 bridgehead atoms. The van der Waals surface area contributed by atoms with Crippen molar-refractivity contribution in [2.45, 2.75) is 40.2 Å². The first-order valence-corrected chi connectivity index (χ1v) is 5.72. The van der Waals surface area contributed by atoms with Gasteiger partial charge in [0.25, 0.3) is 0 Å². The van der Waals surface area contributed by atoms with E-state index in [4.69, 9.17) is 11.1 Å². The molecule has 1 aromatic rings. The van der Waals surface area contributed by atoms with E-state index in [2.05, 4.69) is 18.6 Å². The lowest BCUT2D eigenvalue weighted by Gasteiger charge is -2.16. The molecule has 0 aliphatic carbocycles. The highest BCUT2D eigenvalue weighted by Gasteiger charge is 2.12. The first-order chi connectivity index (χ1) is 8.15. The molecule has 1 aromatic carbocycles. The number of amides is 1. The number of carbonyl (C=O) groups excluding carboxylic acids is 1. The Hall–Kier alpha value is -1.84. The molecule has 0 aromatic heterocycles. The minimum Gasteiger partial charge on any atom is -0.444 e. The van der Waals surface area contributed by atoms with Crippen molar-refractivity contribution >= 4 is 12.3 Å². The van der Waals surface area contributed by atoms with E-state index in [1.165, 1.54) is 17.3 Å². The second-order valence-electron chi connectivity index (χ2n) is 5.02. The third kappa shape index (κ3) is 7.44. The van der Waals surface area contributed by atoms with Gasteiger partial charge in [-0.1, -0.05) is 18.2 Å². The molecule has 1 amide bonds. The fraction of sp³-hybridized carbons (Fsp3) is 0.429. The van der Waals surface area contributed by atoms with Crippen molar-refractivity contribution in [2.75, 3.05) is 0 Å². The van der Waals surface area contributed by atoms with Gasteiger partial charge >= 0.3 is 6.09 Å². The average Bonchev–Trinajstić information content (AvgIpc) is 2.19. The molecule has 0 atom stereocenters. The van der Waals surface area contributed by atoms with E-state index in [1.807, 2.05) is 18.2 Å². The van der Waals surface area contributed by atoms with Crippen LogP contribution in [0.4, 0.5) is 4.79 Å². The Morgan fingerprint density at radius 3 is 2.11 bits per heavy atom. The van der Waals surface area contributed by atoms with E-state index in [0.29, 0.717) is 0 Å². The van der Waals surface area contributed by atoms with E-state index < -0.39 is 11.7 Å². The summed E-state index contributed by atoms with van der Waals surface area (Å²) in [6.45, 7) is 9.42. The lowest BCUT2D eigenvalue weighted by atomic mass is 10.1. The molecule has 3 N–H and O–H groups in total. The number of ether oxygens (including phenoxy) is 1. The van der Waals surface area contributed by atoms with E-state index >= 15 is 0 Å². The summed E-state index contributed by atoms with van der Waals surface area (Å²) in [5.74, 6) is 0. The highest BCUT2D eigenvalue weighted by Crippen LogP contribution is 2.07. The molecule has 0 saturated heterocycles. The maximum atomic E-state index is 10.0. The normalized spacial score (nSPS) is 10.1. The Morgan fingerprint density at radius 1 is 1.28 bits per heavy atom. The van der Waals surface area contributed by atoms with Crippen LogP contribution in [-0.2, 0) is 4.74 Å². The summed E-state index contributed by atoms with van der Waals surface area (Å²) in [5, 5.41) is 6.99. The monoisotopic (exact) mass is 250 g/mol. The zero-order valence-electron chi connectivity index (χ0n) is 11.7. The minimum absolute atomic E-state index is 0.453. The molecule has 0 fully saturated rings. The van der Waals surface area contributed by atoms with Crippen molar-refractivity contribution in [1.82, 2.24) is 0 Å². The highest BCUT2D eigenvalue weighted by atomic mass is 16.6. The fourth-order valence-corrected chi connectivity index (χ4v) is 1.16. The van der Waals surface area contributed by atoms with Gasteiger partial charge in [0.2, 0.25) is 0 Å². The van der Waals surface area contributed by atoms with Crippen LogP contribution in [0.5, 0.6) is 0 Å². The van der Waals surface area contributed by atoms with Gasteiger partial charge in [-0.2, -0.15) is 0 Å². The molecule has 18 heavy (non-hydrogen) atoms. The summed E-state index contributed by atoms with van der Waals surface area (Å²) < 4.78 is 4.58. The zero-order valence-corrected chi connectivity index (χ0v) is 11.7. The van der Waals surface area contributed by atoms with Crippen LogP contribution in [0.15, 0.2) is 18.2 Å². The van der Waals surface area contributed by atoms with E-state index in [9.17, 15) is 4.79 Å². The predicted octanol–water partition coefficient (Wildman–Crippen LogP) is 3.18. The maximum absolute atomic E-state index is 10.0. The van der Waals surface area contributed by atoms with Crippen LogP contribution in [0.1, 0.15) is 37.5 Å². The fourth-order valence-electron chi connectivity index (χ4n) is 1.16. The van der Waals surface area contributed by atoms with Gasteiger partial charge in [-0.3, -0.25) is 0 Å². The van der Waals surface area contributed by atoms with Crippen LogP contribution in [0.25, 0.3) is 0 Å². The van der Waals surface area contributed by atoms with Crippen molar-refractivity contribution in [2.24, 2.45) is 5.73 Å². The van der Waals surface area contributed by atoms with E-state index in [1.54, 1.807) is 20.8 Å².